The topological polar surface area (TPSA) is 100 Å². The summed E-state index contributed by atoms with van der Waals surface area (Å²) in [7, 11) is 0. The van der Waals surface area contributed by atoms with Gasteiger partial charge < -0.3 is 9.26 Å². The van der Waals surface area contributed by atoms with E-state index in [1.54, 1.807) is 22.8 Å². The predicted octanol–water partition coefficient (Wildman–Crippen LogP) is 3.31. The molecule has 2 aromatic heterocycles. The van der Waals surface area contributed by atoms with Crippen LogP contribution < -0.4 is 5.56 Å². The summed E-state index contributed by atoms with van der Waals surface area (Å²) in [5.41, 5.74) is 2.81. The van der Waals surface area contributed by atoms with Gasteiger partial charge in [-0.2, -0.15) is 4.98 Å². The molecule has 0 atom stereocenters. The lowest BCUT2D eigenvalue weighted by atomic mass is 10.1. The number of carbonyl (C=O) groups is 1. The third-order valence-electron chi connectivity index (χ3n) is 5.47. The average molecular weight is 416 g/mol. The maximum Gasteiger partial charge on any atom is 0.338 e. The van der Waals surface area contributed by atoms with Crippen LogP contribution in [0.15, 0.2) is 51.8 Å². The van der Waals surface area contributed by atoms with E-state index in [1.165, 1.54) is 5.56 Å². The van der Waals surface area contributed by atoms with Crippen LogP contribution >= 0.6 is 0 Å². The van der Waals surface area contributed by atoms with Gasteiger partial charge in [-0.15, -0.1) is 0 Å². The Bertz CT molecular complexity index is 1340. The van der Waals surface area contributed by atoms with Crippen LogP contribution in [0.1, 0.15) is 41.0 Å². The lowest BCUT2D eigenvalue weighted by Gasteiger charge is -2.06. The van der Waals surface area contributed by atoms with Crippen LogP contribution in [-0.2, 0) is 30.7 Å². The molecule has 8 heteroatoms. The van der Waals surface area contributed by atoms with Crippen molar-refractivity contribution in [2.75, 3.05) is 0 Å². The Morgan fingerprint density at radius 2 is 2.00 bits per heavy atom. The smallest absolute Gasteiger partial charge is 0.338 e. The maximum atomic E-state index is 12.5. The van der Waals surface area contributed by atoms with Gasteiger partial charge in [0.2, 0.25) is 5.82 Å². The van der Waals surface area contributed by atoms with E-state index in [0.717, 1.165) is 30.7 Å². The summed E-state index contributed by atoms with van der Waals surface area (Å²) in [4.78, 5) is 33.9. The number of benzene rings is 2. The second-order valence-electron chi connectivity index (χ2n) is 7.46. The van der Waals surface area contributed by atoms with E-state index in [4.69, 9.17) is 9.26 Å². The summed E-state index contributed by atoms with van der Waals surface area (Å²) in [6.45, 7) is 2.64. The minimum atomic E-state index is -0.545. The Labute approximate surface area is 177 Å². The number of ether oxygens (including phenoxy) is 1. The number of hydrogen-bond donors (Lipinski definition) is 0. The van der Waals surface area contributed by atoms with Gasteiger partial charge >= 0.3 is 5.97 Å². The highest BCUT2D eigenvalue weighted by Crippen LogP contribution is 2.19. The summed E-state index contributed by atoms with van der Waals surface area (Å²) in [5.74, 6) is 0.862. The van der Waals surface area contributed by atoms with E-state index >= 15 is 0 Å². The largest absolute Gasteiger partial charge is 0.452 e. The molecule has 0 spiro atoms. The third-order valence-corrected chi connectivity index (χ3v) is 5.47. The Morgan fingerprint density at radius 3 is 2.81 bits per heavy atom. The number of nitrogens with zero attached hydrogens (tertiary/aromatic N) is 4. The summed E-state index contributed by atoms with van der Waals surface area (Å²) in [6, 6.07) is 12.7. The zero-order valence-corrected chi connectivity index (χ0v) is 17.0. The molecule has 0 radical (unpaired) electrons. The molecule has 4 aromatic rings. The molecule has 8 nitrogen and oxygen atoms in total. The van der Waals surface area contributed by atoms with Crippen molar-refractivity contribution in [1.29, 1.82) is 0 Å². The monoisotopic (exact) mass is 416 g/mol. The van der Waals surface area contributed by atoms with Gasteiger partial charge in [0.25, 0.3) is 11.4 Å². The number of aromatic nitrogens is 4. The van der Waals surface area contributed by atoms with Crippen molar-refractivity contribution in [3.8, 4) is 11.4 Å². The normalized spacial score (nSPS) is 12.8. The van der Waals surface area contributed by atoms with Gasteiger partial charge in [0.05, 0.1) is 16.5 Å². The number of hydrogen-bond acceptors (Lipinski definition) is 7. The molecule has 0 saturated heterocycles. The SMILES string of the molecule is CCc1ccc(-c2noc(COC(=O)c3ccc4c(=O)n5c(nc4c3)CCC5)n2)cc1. The fraction of sp³-hybridized carbons (Fsp3) is 0.261. The summed E-state index contributed by atoms with van der Waals surface area (Å²) in [5, 5.41) is 4.45. The van der Waals surface area contributed by atoms with Gasteiger partial charge in [-0.1, -0.05) is 36.3 Å². The molecule has 1 aliphatic heterocycles. The minimum absolute atomic E-state index is 0.0669. The van der Waals surface area contributed by atoms with Crippen molar-refractivity contribution in [2.45, 2.75) is 39.3 Å². The zero-order valence-electron chi connectivity index (χ0n) is 17.0. The second kappa shape index (κ2) is 7.79. The molecule has 0 N–H and O–H groups in total. The molecule has 0 aliphatic carbocycles. The molecule has 2 aromatic carbocycles. The third kappa shape index (κ3) is 3.61. The quantitative estimate of drug-likeness (QED) is 0.460. The van der Waals surface area contributed by atoms with Gasteiger partial charge in [-0.25, -0.2) is 9.78 Å². The van der Waals surface area contributed by atoms with Crippen molar-refractivity contribution in [1.82, 2.24) is 19.7 Å². The molecule has 0 amide bonds. The van der Waals surface area contributed by atoms with Crippen molar-refractivity contribution >= 4 is 16.9 Å². The lowest BCUT2D eigenvalue weighted by molar-refractivity contribution is 0.0430. The first-order valence-electron chi connectivity index (χ1n) is 10.2. The van der Waals surface area contributed by atoms with E-state index in [2.05, 4.69) is 22.0 Å². The van der Waals surface area contributed by atoms with E-state index in [0.29, 0.717) is 28.8 Å². The van der Waals surface area contributed by atoms with Crippen molar-refractivity contribution < 1.29 is 14.1 Å². The molecule has 0 bridgehead atoms. The molecule has 0 fully saturated rings. The fourth-order valence-electron chi connectivity index (χ4n) is 3.74. The molecule has 0 saturated carbocycles. The van der Waals surface area contributed by atoms with Gasteiger partial charge in [-0.05, 0) is 36.6 Å². The highest BCUT2D eigenvalue weighted by atomic mass is 16.6. The first-order chi connectivity index (χ1) is 15.1. The predicted molar refractivity (Wildman–Crippen MR) is 113 cm³/mol. The molecule has 1 aliphatic rings. The molecule has 31 heavy (non-hydrogen) atoms. The Hall–Kier alpha value is -3.81. The lowest BCUT2D eigenvalue weighted by Crippen LogP contribution is -2.21. The summed E-state index contributed by atoms with van der Waals surface area (Å²) >= 11 is 0. The molecular weight excluding hydrogens is 396 g/mol. The number of fused-ring (bicyclic) bond motifs is 2. The summed E-state index contributed by atoms with van der Waals surface area (Å²) < 4.78 is 12.2. The van der Waals surface area contributed by atoms with Crippen LogP contribution in [0.3, 0.4) is 0 Å². The van der Waals surface area contributed by atoms with Gasteiger partial charge in [0.1, 0.15) is 5.82 Å². The molecular formula is C23H20N4O4. The van der Waals surface area contributed by atoms with Crippen molar-refractivity contribution in [3.63, 3.8) is 0 Å². The first-order valence-corrected chi connectivity index (χ1v) is 10.2. The number of esters is 1. The summed E-state index contributed by atoms with van der Waals surface area (Å²) in [6.07, 6.45) is 2.62. The molecule has 0 unspecified atom stereocenters. The maximum absolute atomic E-state index is 12.5. The standard InChI is InChI=1S/C23H20N4O4/c1-2-14-5-7-15(8-6-14)21-25-20(31-26-21)13-30-23(29)16-9-10-17-18(12-16)24-19-4-3-11-27(19)22(17)28/h5-10,12H,2-4,11,13H2,1H3. The van der Waals surface area contributed by atoms with Gasteiger partial charge in [0.15, 0.2) is 6.61 Å². The van der Waals surface area contributed by atoms with Gasteiger partial charge in [-0.3, -0.25) is 9.36 Å². The Balaban J connectivity index is 1.30. The molecule has 5 rings (SSSR count). The number of carbonyl (C=O) groups excluding carboxylic acids is 1. The number of aryl methyl sites for hydroxylation is 2. The van der Waals surface area contributed by atoms with E-state index in [9.17, 15) is 9.59 Å². The Morgan fingerprint density at radius 1 is 1.16 bits per heavy atom. The van der Waals surface area contributed by atoms with Crippen molar-refractivity contribution in [2.24, 2.45) is 0 Å². The minimum Gasteiger partial charge on any atom is -0.452 e. The fourth-order valence-corrected chi connectivity index (χ4v) is 3.74. The number of rotatable bonds is 5. The highest BCUT2D eigenvalue weighted by molar-refractivity contribution is 5.94. The van der Waals surface area contributed by atoms with Crippen molar-refractivity contribution in [3.05, 3.63) is 75.7 Å². The van der Waals surface area contributed by atoms with Gasteiger partial charge in [0, 0.05) is 18.5 Å². The zero-order chi connectivity index (χ0) is 21.4. The average Bonchev–Trinajstić information content (AvgIpc) is 3.47. The van der Waals surface area contributed by atoms with Crippen LogP contribution in [0.25, 0.3) is 22.3 Å². The van der Waals surface area contributed by atoms with Crippen LogP contribution in [0.4, 0.5) is 0 Å². The second-order valence-corrected chi connectivity index (χ2v) is 7.46. The van der Waals surface area contributed by atoms with Crippen LogP contribution in [0.2, 0.25) is 0 Å². The van der Waals surface area contributed by atoms with E-state index < -0.39 is 5.97 Å². The molecule has 3 heterocycles. The van der Waals surface area contributed by atoms with Crippen LogP contribution in [-0.4, -0.2) is 25.7 Å². The van der Waals surface area contributed by atoms with Crippen LogP contribution in [0.5, 0.6) is 0 Å². The first kappa shape index (κ1) is 19.2. The van der Waals surface area contributed by atoms with Crippen LogP contribution in [0, 0.1) is 0 Å². The van der Waals surface area contributed by atoms with E-state index in [1.807, 2.05) is 24.3 Å². The molecule has 156 valence electrons. The highest BCUT2D eigenvalue weighted by Gasteiger charge is 2.18. The Kier molecular flexibility index (Phi) is 4.82. The van der Waals surface area contributed by atoms with E-state index in [-0.39, 0.29) is 18.1 Å².